The molecule has 0 bridgehead atoms. The van der Waals surface area contributed by atoms with Crippen molar-refractivity contribution in [1.82, 2.24) is 25.0 Å². The molecule has 0 aromatic carbocycles. The quantitative estimate of drug-likeness (QED) is 0.789. The molecule has 2 aliphatic heterocycles. The second kappa shape index (κ2) is 7.41. The number of carbonyl (C=O) groups excluding carboxylic acids is 3. The smallest absolute Gasteiger partial charge is 0.325 e. The van der Waals surface area contributed by atoms with Gasteiger partial charge in [0.05, 0.1) is 5.69 Å². The molecule has 3 heterocycles. The molecule has 0 saturated carbocycles. The maximum absolute atomic E-state index is 12.7. The van der Waals surface area contributed by atoms with Gasteiger partial charge in [-0.05, 0) is 32.4 Å². The first-order valence-electron chi connectivity index (χ1n) is 8.91. The molecule has 2 aliphatic rings. The molecule has 0 spiro atoms. The number of carbonyl (C=O) groups is 3. The lowest BCUT2D eigenvalue weighted by atomic mass is 10.0. The van der Waals surface area contributed by atoms with Crippen LogP contribution in [-0.2, 0) is 16.1 Å². The predicted octanol–water partition coefficient (Wildman–Crippen LogP) is 0.446. The Hall–Kier alpha value is -2.48. The summed E-state index contributed by atoms with van der Waals surface area (Å²) in [6.07, 6.45) is 2.65. The maximum Gasteiger partial charge on any atom is 0.325 e. The van der Waals surface area contributed by atoms with E-state index < -0.39 is 11.6 Å². The normalized spacial score (nSPS) is 20.8. The SMILES string of the molecule is CC1(C)C(=O)NC(=O)N1CC(=O)N1CCCN(Cc2ccccn2)CC1. The maximum atomic E-state index is 12.7. The number of hydrogen-bond acceptors (Lipinski definition) is 5. The zero-order chi connectivity index (χ0) is 18.7. The average molecular weight is 359 g/mol. The van der Waals surface area contributed by atoms with Crippen LogP contribution >= 0.6 is 0 Å². The van der Waals surface area contributed by atoms with Crippen LogP contribution in [0, 0.1) is 0 Å². The Morgan fingerprint density at radius 3 is 2.65 bits per heavy atom. The summed E-state index contributed by atoms with van der Waals surface area (Å²) in [7, 11) is 0. The first kappa shape index (κ1) is 18.3. The fraction of sp³-hybridized carbons (Fsp3) is 0.556. The molecule has 1 N–H and O–H groups in total. The lowest BCUT2D eigenvalue weighted by Crippen LogP contribution is -2.50. The van der Waals surface area contributed by atoms with E-state index in [1.54, 1.807) is 24.9 Å². The fourth-order valence-electron chi connectivity index (χ4n) is 3.30. The predicted molar refractivity (Wildman–Crippen MR) is 95.0 cm³/mol. The van der Waals surface area contributed by atoms with E-state index in [1.165, 1.54) is 4.90 Å². The van der Waals surface area contributed by atoms with Crippen molar-refractivity contribution < 1.29 is 14.4 Å². The zero-order valence-electron chi connectivity index (χ0n) is 15.3. The molecule has 3 rings (SSSR count). The van der Waals surface area contributed by atoms with Crippen molar-refractivity contribution in [2.45, 2.75) is 32.4 Å². The topological polar surface area (TPSA) is 85.8 Å². The van der Waals surface area contributed by atoms with Crippen molar-refractivity contribution in [1.29, 1.82) is 0 Å². The van der Waals surface area contributed by atoms with E-state index in [9.17, 15) is 14.4 Å². The van der Waals surface area contributed by atoms with Crippen molar-refractivity contribution in [3.05, 3.63) is 30.1 Å². The first-order valence-corrected chi connectivity index (χ1v) is 8.91. The summed E-state index contributed by atoms with van der Waals surface area (Å²) in [4.78, 5) is 46.2. The van der Waals surface area contributed by atoms with Crippen LogP contribution in [0.15, 0.2) is 24.4 Å². The van der Waals surface area contributed by atoms with E-state index in [1.807, 2.05) is 18.2 Å². The van der Waals surface area contributed by atoms with Crippen LogP contribution in [-0.4, -0.2) is 75.8 Å². The van der Waals surface area contributed by atoms with Crippen molar-refractivity contribution in [3.8, 4) is 0 Å². The van der Waals surface area contributed by atoms with E-state index >= 15 is 0 Å². The lowest BCUT2D eigenvalue weighted by molar-refractivity contribution is -0.133. The summed E-state index contributed by atoms with van der Waals surface area (Å²) >= 11 is 0. The molecular formula is C18H25N5O3. The Bertz CT molecular complexity index is 691. The molecular weight excluding hydrogens is 334 g/mol. The Morgan fingerprint density at radius 1 is 1.19 bits per heavy atom. The highest BCUT2D eigenvalue weighted by Crippen LogP contribution is 2.21. The highest BCUT2D eigenvalue weighted by molar-refractivity contribution is 6.07. The monoisotopic (exact) mass is 359 g/mol. The minimum atomic E-state index is -0.996. The van der Waals surface area contributed by atoms with Crippen molar-refractivity contribution >= 4 is 17.8 Å². The number of hydrogen-bond donors (Lipinski definition) is 1. The summed E-state index contributed by atoms with van der Waals surface area (Å²) in [5, 5.41) is 2.27. The Balaban J connectivity index is 1.56. The molecule has 4 amide bonds. The van der Waals surface area contributed by atoms with E-state index in [4.69, 9.17) is 0 Å². The van der Waals surface area contributed by atoms with Gasteiger partial charge in [0.25, 0.3) is 5.91 Å². The molecule has 0 radical (unpaired) electrons. The van der Waals surface area contributed by atoms with Crippen LogP contribution in [0.3, 0.4) is 0 Å². The van der Waals surface area contributed by atoms with Gasteiger partial charge in [0, 0.05) is 38.9 Å². The number of nitrogens with one attached hydrogen (secondary N) is 1. The second-order valence-corrected chi connectivity index (χ2v) is 7.24. The number of imide groups is 1. The zero-order valence-corrected chi connectivity index (χ0v) is 15.3. The molecule has 0 aliphatic carbocycles. The van der Waals surface area contributed by atoms with Crippen LogP contribution in [0.4, 0.5) is 4.79 Å². The Labute approximate surface area is 153 Å². The highest BCUT2D eigenvalue weighted by Gasteiger charge is 2.46. The number of rotatable bonds is 4. The van der Waals surface area contributed by atoms with Gasteiger partial charge in [-0.25, -0.2) is 4.79 Å². The largest absolute Gasteiger partial charge is 0.340 e. The highest BCUT2D eigenvalue weighted by atomic mass is 16.2. The summed E-state index contributed by atoms with van der Waals surface area (Å²) in [6, 6.07) is 5.37. The van der Waals surface area contributed by atoms with E-state index in [2.05, 4.69) is 15.2 Å². The lowest BCUT2D eigenvalue weighted by Gasteiger charge is -2.30. The summed E-state index contributed by atoms with van der Waals surface area (Å²) in [5.41, 5.74) is 0.0186. The van der Waals surface area contributed by atoms with E-state index in [0.717, 1.165) is 31.7 Å². The molecule has 26 heavy (non-hydrogen) atoms. The van der Waals surface area contributed by atoms with Gasteiger partial charge in [0.2, 0.25) is 5.91 Å². The van der Waals surface area contributed by atoms with Gasteiger partial charge in [-0.1, -0.05) is 6.07 Å². The van der Waals surface area contributed by atoms with Crippen LogP contribution in [0.5, 0.6) is 0 Å². The number of pyridine rings is 1. The third-order valence-corrected chi connectivity index (χ3v) is 5.04. The molecule has 8 heteroatoms. The van der Waals surface area contributed by atoms with Gasteiger partial charge in [-0.3, -0.25) is 24.8 Å². The van der Waals surface area contributed by atoms with Crippen LogP contribution < -0.4 is 5.32 Å². The van der Waals surface area contributed by atoms with Gasteiger partial charge >= 0.3 is 6.03 Å². The Kier molecular flexibility index (Phi) is 5.22. The van der Waals surface area contributed by atoms with Crippen LogP contribution in [0.2, 0.25) is 0 Å². The number of amides is 4. The molecule has 8 nitrogen and oxygen atoms in total. The minimum Gasteiger partial charge on any atom is -0.340 e. The molecule has 140 valence electrons. The molecule has 0 unspecified atom stereocenters. The van der Waals surface area contributed by atoms with Crippen LogP contribution in [0.1, 0.15) is 26.0 Å². The van der Waals surface area contributed by atoms with Gasteiger partial charge < -0.3 is 9.80 Å². The van der Waals surface area contributed by atoms with Gasteiger partial charge in [0.15, 0.2) is 0 Å². The van der Waals surface area contributed by atoms with E-state index in [-0.39, 0.29) is 18.4 Å². The van der Waals surface area contributed by atoms with Gasteiger partial charge in [-0.15, -0.1) is 0 Å². The molecule has 1 aromatic rings. The van der Waals surface area contributed by atoms with Gasteiger partial charge in [-0.2, -0.15) is 0 Å². The summed E-state index contributed by atoms with van der Waals surface area (Å²) < 4.78 is 0. The van der Waals surface area contributed by atoms with Gasteiger partial charge in [0.1, 0.15) is 12.1 Å². The average Bonchev–Trinajstić information content (AvgIpc) is 2.78. The fourth-order valence-corrected chi connectivity index (χ4v) is 3.30. The second-order valence-electron chi connectivity index (χ2n) is 7.24. The molecule has 2 saturated heterocycles. The number of aromatic nitrogens is 1. The van der Waals surface area contributed by atoms with Crippen molar-refractivity contribution in [3.63, 3.8) is 0 Å². The standard InChI is InChI=1S/C18H25N5O3/c1-18(2)16(25)20-17(26)23(18)13-15(24)22-9-5-8-21(10-11-22)12-14-6-3-4-7-19-14/h3-4,6-7H,5,8-13H2,1-2H3,(H,20,25,26). The Morgan fingerprint density at radius 2 is 2.00 bits per heavy atom. The van der Waals surface area contributed by atoms with Crippen molar-refractivity contribution in [2.24, 2.45) is 0 Å². The van der Waals surface area contributed by atoms with Crippen LogP contribution in [0.25, 0.3) is 0 Å². The molecule has 2 fully saturated rings. The molecule has 0 atom stereocenters. The summed E-state index contributed by atoms with van der Waals surface area (Å²) in [5.74, 6) is -0.490. The third kappa shape index (κ3) is 3.85. The van der Waals surface area contributed by atoms with Crippen molar-refractivity contribution in [2.75, 3.05) is 32.7 Å². The number of nitrogens with zero attached hydrogens (tertiary/aromatic N) is 4. The molecule has 1 aromatic heterocycles. The minimum absolute atomic E-state index is 0.0786. The number of urea groups is 1. The summed E-state index contributed by atoms with van der Waals surface area (Å²) in [6.45, 7) is 6.90. The third-order valence-electron chi connectivity index (χ3n) is 5.04. The first-order chi connectivity index (χ1) is 12.4. The van der Waals surface area contributed by atoms with E-state index in [0.29, 0.717) is 13.1 Å².